The van der Waals surface area contributed by atoms with E-state index in [4.69, 9.17) is 5.84 Å². The van der Waals surface area contributed by atoms with Gasteiger partial charge < -0.3 is 0 Å². The van der Waals surface area contributed by atoms with Crippen molar-refractivity contribution in [2.45, 2.75) is 58.2 Å². The van der Waals surface area contributed by atoms with E-state index in [1.54, 1.807) is 0 Å². The lowest BCUT2D eigenvalue weighted by Gasteiger charge is -2.27. The summed E-state index contributed by atoms with van der Waals surface area (Å²) in [6, 6.07) is 0.453. The molecule has 0 aliphatic heterocycles. The van der Waals surface area contributed by atoms with Gasteiger partial charge in [0.1, 0.15) is 0 Å². The van der Waals surface area contributed by atoms with Crippen LogP contribution in [-0.2, 0) is 0 Å². The normalized spacial score (nSPS) is 14.8. The highest BCUT2D eigenvalue weighted by atomic mass is 32.2. The summed E-state index contributed by atoms with van der Waals surface area (Å²) in [4.78, 5) is 0. The molecular formula is C11H26N2S. The SMILES string of the molecule is CCC(CC)C(CSC(C)(C)C)NN. The molecule has 0 bridgehead atoms. The molecule has 1 unspecified atom stereocenters. The Labute approximate surface area is 93.4 Å². The van der Waals surface area contributed by atoms with Crippen molar-refractivity contribution < 1.29 is 0 Å². The first-order valence-electron chi connectivity index (χ1n) is 5.54. The van der Waals surface area contributed by atoms with Crippen molar-refractivity contribution in [2.75, 3.05) is 5.75 Å². The lowest BCUT2D eigenvalue weighted by Crippen LogP contribution is -2.43. The van der Waals surface area contributed by atoms with E-state index in [2.05, 4.69) is 40.0 Å². The molecule has 0 rings (SSSR count). The third-order valence-corrected chi connectivity index (χ3v) is 3.92. The second-order valence-corrected chi connectivity index (χ2v) is 6.62. The number of nitrogens with one attached hydrogen (secondary N) is 1. The van der Waals surface area contributed by atoms with Crippen LogP contribution in [0.3, 0.4) is 0 Å². The van der Waals surface area contributed by atoms with Gasteiger partial charge in [-0.25, -0.2) is 0 Å². The highest BCUT2D eigenvalue weighted by Crippen LogP contribution is 2.26. The zero-order chi connectivity index (χ0) is 11.2. The smallest absolute Gasteiger partial charge is 0.0329 e. The number of nitrogens with two attached hydrogens (primary N) is 1. The van der Waals surface area contributed by atoms with Crippen LogP contribution >= 0.6 is 11.8 Å². The lowest BCUT2D eigenvalue weighted by molar-refractivity contribution is 0.363. The Morgan fingerprint density at radius 3 is 2.00 bits per heavy atom. The molecule has 0 spiro atoms. The summed E-state index contributed by atoms with van der Waals surface area (Å²) in [7, 11) is 0. The first kappa shape index (κ1) is 14.3. The molecule has 86 valence electrons. The Bertz CT molecular complexity index is 139. The fraction of sp³-hybridized carbons (Fsp3) is 1.00. The van der Waals surface area contributed by atoms with Crippen molar-refractivity contribution in [3.05, 3.63) is 0 Å². The van der Waals surface area contributed by atoms with Crippen molar-refractivity contribution >= 4 is 11.8 Å². The molecule has 0 aliphatic rings. The number of hydrogen-bond acceptors (Lipinski definition) is 3. The standard InChI is InChI=1S/C11H26N2S/c1-6-9(7-2)10(13-12)8-14-11(3,4)5/h9-10,13H,6-8,12H2,1-5H3. The average Bonchev–Trinajstić information content (AvgIpc) is 2.10. The van der Waals surface area contributed by atoms with Crippen LogP contribution in [-0.4, -0.2) is 16.5 Å². The molecule has 0 saturated carbocycles. The van der Waals surface area contributed by atoms with Crippen molar-refractivity contribution in [3.63, 3.8) is 0 Å². The van der Waals surface area contributed by atoms with Crippen LogP contribution in [0.2, 0.25) is 0 Å². The Kier molecular flexibility index (Phi) is 6.83. The predicted octanol–water partition coefficient (Wildman–Crippen LogP) is 2.79. The summed E-state index contributed by atoms with van der Waals surface area (Å²) in [6.45, 7) is 11.2. The molecule has 3 N–H and O–H groups in total. The molecule has 3 heteroatoms. The summed E-state index contributed by atoms with van der Waals surface area (Å²) in [6.07, 6.45) is 2.41. The molecule has 0 aromatic heterocycles. The summed E-state index contributed by atoms with van der Waals surface area (Å²) in [5.41, 5.74) is 2.96. The maximum Gasteiger partial charge on any atom is 0.0329 e. The topological polar surface area (TPSA) is 38.0 Å². The van der Waals surface area contributed by atoms with Gasteiger partial charge in [0, 0.05) is 16.5 Å². The molecular weight excluding hydrogens is 192 g/mol. The van der Waals surface area contributed by atoms with Crippen molar-refractivity contribution in [2.24, 2.45) is 11.8 Å². The zero-order valence-corrected chi connectivity index (χ0v) is 11.1. The summed E-state index contributed by atoms with van der Waals surface area (Å²) >= 11 is 1.98. The summed E-state index contributed by atoms with van der Waals surface area (Å²) in [5.74, 6) is 7.40. The van der Waals surface area contributed by atoms with Crippen LogP contribution in [0.4, 0.5) is 0 Å². The average molecular weight is 218 g/mol. The number of rotatable bonds is 6. The van der Waals surface area contributed by atoms with E-state index in [0.717, 1.165) is 5.75 Å². The van der Waals surface area contributed by atoms with E-state index in [1.165, 1.54) is 12.8 Å². The van der Waals surface area contributed by atoms with Crippen LogP contribution in [0.5, 0.6) is 0 Å². The van der Waals surface area contributed by atoms with Gasteiger partial charge in [-0.3, -0.25) is 11.3 Å². The maximum atomic E-state index is 5.59. The van der Waals surface area contributed by atoms with Crippen molar-refractivity contribution in [1.29, 1.82) is 0 Å². The Hall–Kier alpha value is 0.270. The van der Waals surface area contributed by atoms with E-state index < -0.39 is 0 Å². The van der Waals surface area contributed by atoms with Gasteiger partial charge in [-0.2, -0.15) is 11.8 Å². The molecule has 0 saturated heterocycles. The number of hydrogen-bond donors (Lipinski definition) is 2. The fourth-order valence-corrected chi connectivity index (χ4v) is 2.57. The van der Waals surface area contributed by atoms with Crippen molar-refractivity contribution in [3.8, 4) is 0 Å². The predicted molar refractivity (Wildman–Crippen MR) is 67.4 cm³/mol. The Balaban J connectivity index is 4.01. The quantitative estimate of drug-likeness (QED) is 0.532. The second-order valence-electron chi connectivity index (χ2n) is 4.77. The van der Waals surface area contributed by atoms with Gasteiger partial charge in [-0.15, -0.1) is 0 Å². The highest BCUT2D eigenvalue weighted by molar-refractivity contribution is 8.00. The van der Waals surface area contributed by atoms with Gasteiger partial charge in [-0.1, -0.05) is 47.5 Å². The van der Waals surface area contributed by atoms with Crippen LogP contribution in [0.15, 0.2) is 0 Å². The minimum absolute atomic E-state index is 0.334. The largest absolute Gasteiger partial charge is 0.271 e. The highest BCUT2D eigenvalue weighted by Gasteiger charge is 2.20. The first-order chi connectivity index (χ1) is 6.44. The second kappa shape index (κ2) is 6.70. The molecule has 0 aromatic rings. The summed E-state index contributed by atoms with van der Waals surface area (Å²) in [5, 5.41) is 0. The van der Waals surface area contributed by atoms with E-state index >= 15 is 0 Å². The fourth-order valence-electron chi connectivity index (χ4n) is 1.52. The van der Waals surface area contributed by atoms with Gasteiger partial charge in [0.25, 0.3) is 0 Å². The van der Waals surface area contributed by atoms with Crippen LogP contribution < -0.4 is 11.3 Å². The van der Waals surface area contributed by atoms with Crippen LogP contribution in [0, 0.1) is 5.92 Å². The minimum Gasteiger partial charge on any atom is -0.271 e. The number of thioether (sulfide) groups is 1. The van der Waals surface area contributed by atoms with Crippen LogP contribution in [0.1, 0.15) is 47.5 Å². The molecule has 14 heavy (non-hydrogen) atoms. The molecule has 1 atom stereocenters. The molecule has 2 nitrogen and oxygen atoms in total. The van der Waals surface area contributed by atoms with Gasteiger partial charge in [-0.05, 0) is 5.92 Å². The molecule has 0 heterocycles. The first-order valence-corrected chi connectivity index (χ1v) is 6.53. The van der Waals surface area contributed by atoms with Gasteiger partial charge in [0.05, 0.1) is 0 Å². The monoisotopic (exact) mass is 218 g/mol. The molecule has 0 fully saturated rings. The zero-order valence-electron chi connectivity index (χ0n) is 10.3. The third kappa shape index (κ3) is 5.89. The third-order valence-electron chi connectivity index (χ3n) is 2.53. The van der Waals surface area contributed by atoms with Gasteiger partial charge >= 0.3 is 0 Å². The molecule has 0 amide bonds. The van der Waals surface area contributed by atoms with Gasteiger partial charge in [0.15, 0.2) is 0 Å². The van der Waals surface area contributed by atoms with E-state index in [-0.39, 0.29) is 0 Å². The Morgan fingerprint density at radius 1 is 1.21 bits per heavy atom. The maximum absolute atomic E-state index is 5.59. The molecule has 0 aromatic carbocycles. The molecule has 0 aliphatic carbocycles. The minimum atomic E-state index is 0.334. The lowest BCUT2D eigenvalue weighted by atomic mass is 9.96. The van der Waals surface area contributed by atoms with Crippen LogP contribution in [0.25, 0.3) is 0 Å². The Morgan fingerprint density at radius 2 is 1.71 bits per heavy atom. The van der Waals surface area contributed by atoms with E-state index in [0.29, 0.717) is 16.7 Å². The van der Waals surface area contributed by atoms with E-state index in [9.17, 15) is 0 Å². The van der Waals surface area contributed by atoms with E-state index in [1.807, 2.05) is 11.8 Å². The molecule has 0 radical (unpaired) electrons. The number of hydrazine groups is 1. The van der Waals surface area contributed by atoms with Gasteiger partial charge in [0.2, 0.25) is 0 Å². The summed E-state index contributed by atoms with van der Waals surface area (Å²) < 4.78 is 0.334. The van der Waals surface area contributed by atoms with Crippen molar-refractivity contribution in [1.82, 2.24) is 5.43 Å².